The molecule has 0 saturated carbocycles. The standard InChI is InChI=1S/C26H27F2N5O4/c1-32(2)26(35)21-13-20(31-25(34)18-14-29-9-6-23(18)36-3)22(15-30-21)33-10-7-17(8-11-33)37-24-5-4-16(27)12-19(24)28/h4-6,9,12-15,17H,7-8,10-11H2,1-3H3,(H,30,31,34). The third-order valence-corrected chi connectivity index (χ3v) is 5.97. The Bertz CT molecular complexity index is 1300. The fourth-order valence-electron chi connectivity index (χ4n) is 4.03. The number of ether oxygens (including phenoxy) is 2. The van der Waals surface area contributed by atoms with Gasteiger partial charge in [-0.15, -0.1) is 0 Å². The molecule has 0 radical (unpaired) electrons. The lowest BCUT2D eigenvalue weighted by atomic mass is 10.1. The van der Waals surface area contributed by atoms with Crippen molar-refractivity contribution in [2.24, 2.45) is 0 Å². The summed E-state index contributed by atoms with van der Waals surface area (Å²) in [5.41, 5.74) is 1.44. The monoisotopic (exact) mass is 511 g/mol. The van der Waals surface area contributed by atoms with Crippen molar-refractivity contribution in [1.29, 1.82) is 0 Å². The Labute approximate surface area is 213 Å². The summed E-state index contributed by atoms with van der Waals surface area (Å²) >= 11 is 0. The number of rotatable bonds is 7. The fourth-order valence-corrected chi connectivity index (χ4v) is 4.03. The van der Waals surface area contributed by atoms with E-state index in [2.05, 4.69) is 15.3 Å². The summed E-state index contributed by atoms with van der Waals surface area (Å²) < 4.78 is 38.2. The van der Waals surface area contributed by atoms with Gasteiger partial charge in [0.2, 0.25) is 0 Å². The molecule has 2 amide bonds. The van der Waals surface area contributed by atoms with Crippen molar-refractivity contribution in [1.82, 2.24) is 14.9 Å². The quantitative estimate of drug-likeness (QED) is 0.516. The van der Waals surface area contributed by atoms with Crippen LogP contribution in [-0.4, -0.2) is 67.1 Å². The van der Waals surface area contributed by atoms with Crippen molar-refractivity contribution < 1.29 is 27.8 Å². The lowest BCUT2D eigenvalue weighted by Gasteiger charge is -2.34. The van der Waals surface area contributed by atoms with E-state index in [1.54, 1.807) is 26.4 Å². The van der Waals surface area contributed by atoms with Gasteiger partial charge in [0.1, 0.15) is 23.4 Å². The van der Waals surface area contributed by atoms with Crippen LogP contribution in [0.1, 0.15) is 33.7 Å². The van der Waals surface area contributed by atoms with Gasteiger partial charge in [-0.2, -0.15) is 0 Å². The van der Waals surface area contributed by atoms with Crippen molar-refractivity contribution >= 4 is 23.2 Å². The molecule has 37 heavy (non-hydrogen) atoms. The van der Waals surface area contributed by atoms with Crippen LogP contribution in [0, 0.1) is 11.6 Å². The Hall–Kier alpha value is -4.28. The summed E-state index contributed by atoms with van der Waals surface area (Å²) in [6, 6.07) is 6.34. The number of hydrogen-bond acceptors (Lipinski definition) is 7. The number of methoxy groups -OCH3 is 1. The third-order valence-electron chi connectivity index (χ3n) is 5.97. The number of pyridine rings is 2. The van der Waals surface area contributed by atoms with Crippen LogP contribution < -0.4 is 19.7 Å². The lowest BCUT2D eigenvalue weighted by molar-refractivity contribution is 0.0821. The number of amides is 2. The summed E-state index contributed by atoms with van der Waals surface area (Å²) in [5, 5.41) is 2.87. The van der Waals surface area contributed by atoms with Crippen LogP contribution in [0.3, 0.4) is 0 Å². The third kappa shape index (κ3) is 5.93. The van der Waals surface area contributed by atoms with Crippen LogP contribution in [0.4, 0.5) is 20.2 Å². The van der Waals surface area contributed by atoms with Gasteiger partial charge in [-0.05, 0) is 24.3 Å². The zero-order valence-corrected chi connectivity index (χ0v) is 20.7. The molecular formula is C26H27F2N5O4. The van der Waals surface area contributed by atoms with Crippen molar-refractivity contribution in [3.8, 4) is 11.5 Å². The van der Waals surface area contributed by atoms with Crippen LogP contribution in [0.2, 0.25) is 0 Å². The van der Waals surface area contributed by atoms with E-state index in [4.69, 9.17) is 9.47 Å². The van der Waals surface area contributed by atoms with E-state index in [1.165, 1.54) is 36.5 Å². The summed E-state index contributed by atoms with van der Waals surface area (Å²) in [6.07, 6.45) is 5.31. The molecule has 0 unspecified atom stereocenters. The van der Waals surface area contributed by atoms with Crippen molar-refractivity contribution in [2.75, 3.05) is 44.5 Å². The number of piperidine rings is 1. The van der Waals surface area contributed by atoms with Crippen molar-refractivity contribution in [2.45, 2.75) is 18.9 Å². The molecule has 0 atom stereocenters. The van der Waals surface area contributed by atoms with Crippen LogP contribution in [0.5, 0.6) is 11.5 Å². The van der Waals surface area contributed by atoms with Crippen LogP contribution in [-0.2, 0) is 0 Å². The molecule has 0 bridgehead atoms. The SMILES string of the molecule is COc1ccncc1C(=O)Nc1cc(C(=O)N(C)C)ncc1N1CCC(Oc2ccc(F)cc2F)CC1. The maximum atomic E-state index is 14.0. The molecule has 11 heteroatoms. The number of benzene rings is 1. The summed E-state index contributed by atoms with van der Waals surface area (Å²) in [6.45, 7) is 1.05. The van der Waals surface area contributed by atoms with Gasteiger partial charge in [0.25, 0.3) is 11.8 Å². The predicted octanol–water partition coefficient (Wildman–Crippen LogP) is 3.77. The zero-order chi connectivity index (χ0) is 26.5. The van der Waals surface area contributed by atoms with Crippen molar-refractivity contribution in [3.63, 3.8) is 0 Å². The smallest absolute Gasteiger partial charge is 0.272 e. The van der Waals surface area contributed by atoms with E-state index in [1.807, 2.05) is 4.90 Å². The zero-order valence-electron chi connectivity index (χ0n) is 20.7. The van der Waals surface area contributed by atoms with E-state index < -0.39 is 17.5 Å². The van der Waals surface area contributed by atoms with Gasteiger partial charge in [0.15, 0.2) is 11.6 Å². The molecule has 9 nitrogen and oxygen atoms in total. The van der Waals surface area contributed by atoms with E-state index in [-0.39, 0.29) is 29.0 Å². The highest BCUT2D eigenvalue weighted by Crippen LogP contribution is 2.31. The van der Waals surface area contributed by atoms with Gasteiger partial charge >= 0.3 is 0 Å². The molecule has 3 aromatic rings. The Morgan fingerprint density at radius 1 is 1.08 bits per heavy atom. The Morgan fingerprint density at radius 3 is 2.51 bits per heavy atom. The number of nitrogens with zero attached hydrogens (tertiary/aromatic N) is 4. The second-order valence-corrected chi connectivity index (χ2v) is 8.70. The first-order valence-corrected chi connectivity index (χ1v) is 11.6. The molecule has 1 fully saturated rings. The predicted molar refractivity (Wildman–Crippen MR) is 133 cm³/mol. The van der Waals surface area contributed by atoms with Crippen LogP contribution >= 0.6 is 0 Å². The summed E-state index contributed by atoms with van der Waals surface area (Å²) in [4.78, 5) is 37.4. The average molecular weight is 512 g/mol. The normalized spacial score (nSPS) is 13.7. The molecule has 1 aliphatic rings. The molecule has 3 heterocycles. The van der Waals surface area contributed by atoms with Gasteiger partial charge in [0, 0.05) is 58.5 Å². The molecule has 0 spiro atoms. The maximum Gasteiger partial charge on any atom is 0.272 e. The number of anilines is 2. The van der Waals surface area contributed by atoms with Crippen molar-refractivity contribution in [3.05, 3.63) is 71.8 Å². The number of carbonyl (C=O) groups excluding carboxylic acids is 2. The topological polar surface area (TPSA) is 96.9 Å². The second kappa shape index (κ2) is 11.2. The van der Waals surface area contributed by atoms with Gasteiger partial charge in [-0.25, -0.2) is 13.8 Å². The van der Waals surface area contributed by atoms with Crippen LogP contribution in [0.25, 0.3) is 0 Å². The molecule has 1 aliphatic heterocycles. The number of hydrogen-bond donors (Lipinski definition) is 1. The first-order valence-electron chi connectivity index (χ1n) is 11.6. The Morgan fingerprint density at radius 2 is 1.84 bits per heavy atom. The first kappa shape index (κ1) is 25.8. The molecule has 4 rings (SSSR count). The van der Waals surface area contributed by atoms with Gasteiger partial charge in [0.05, 0.1) is 30.2 Å². The molecular weight excluding hydrogens is 484 g/mol. The second-order valence-electron chi connectivity index (χ2n) is 8.70. The number of nitrogens with one attached hydrogen (secondary N) is 1. The van der Waals surface area contributed by atoms with Gasteiger partial charge in [-0.1, -0.05) is 0 Å². The molecule has 194 valence electrons. The largest absolute Gasteiger partial charge is 0.496 e. The van der Waals surface area contributed by atoms with Gasteiger partial charge in [-0.3, -0.25) is 14.6 Å². The minimum Gasteiger partial charge on any atom is -0.496 e. The highest BCUT2D eigenvalue weighted by molar-refractivity contribution is 6.08. The maximum absolute atomic E-state index is 14.0. The number of aromatic nitrogens is 2. The fraction of sp³-hybridized carbons (Fsp3) is 0.308. The molecule has 0 aliphatic carbocycles. The van der Waals surface area contributed by atoms with E-state index >= 15 is 0 Å². The van der Waals surface area contributed by atoms with E-state index in [9.17, 15) is 18.4 Å². The van der Waals surface area contributed by atoms with Crippen LogP contribution in [0.15, 0.2) is 48.9 Å². The highest BCUT2D eigenvalue weighted by Gasteiger charge is 2.26. The highest BCUT2D eigenvalue weighted by atomic mass is 19.1. The minimum atomic E-state index is -0.747. The van der Waals surface area contributed by atoms with E-state index in [0.29, 0.717) is 43.1 Å². The average Bonchev–Trinajstić information content (AvgIpc) is 2.90. The Balaban J connectivity index is 1.55. The summed E-state index contributed by atoms with van der Waals surface area (Å²) in [7, 11) is 4.69. The minimum absolute atomic E-state index is 0.00596. The van der Waals surface area contributed by atoms with Gasteiger partial charge < -0.3 is 24.6 Å². The lowest BCUT2D eigenvalue weighted by Crippen LogP contribution is -2.39. The Kier molecular flexibility index (Phi) is 7.80. The molecule has 1 aromatic carbocycles. The molecule has 1 saturated heterocycles. The first-order chi connectivity index (χ1) is 17.8. The number of carbonyl (C=O) groups is 2. The number of halogens is 2. The molecule has 1 N–H and O–H groups in total. The summed E-state index contributed by atoms with van der Waals surface area (Å²) in [5.74, 6) is -1.81. The molecule has 2 aromatic heterocycles. The van der Waals surface area contributed by atoms with E-state index in [0.717, 1.165) is 12.1 Å².